The summed E-state index contributed by atoms with van der Waals surface area (Å²) in [5.74, 6) is 0.350. The van der Waals surface area contributed by atoms with Gasteiger partial charge in [-0.25, -0.2) is 0 Å². The average molecular weight is 335 g/mol. The summed E-state index contributed by atoms with van der Waals surface area (Å²) in [6, 6.07) is 12.0. The van der Waals surface area contributed by atoms with Crippen LogP contribution >= 0.6 is 27.3 Å². The summed E-state index contributed by atoms with van der Waals surface area (Å²) in [7, 11) is 0. The standard InChI is InChI=1S/C14H11BrN2OS/c1-8-7-10(19-13(8)15)12-11(14(16)18-17-12)9-5-3-2-4-6-9/h2-7H,16H2,1H3. The van der Waals surface area contributed by atoms with Gasteiger partial charge in [-0.05, 0) is 40.0 Å². The highest BCUT2D eigenvalue weighted by Crippen LogP contribution is 2.41. The minimum atomic E-state index is 0.350. The van der Waals surface area contributed by atoms with Crippen LogP contribution < -0.4 is 5.73 Å². The summed E-state index contributed by atoms with van der Waals surface area (Å²) in [6.45, 7) is 2.05. The van der Waals surface area contributed by atoms with Crippen molar-refractivity contribution in [1.82, 2.24) is 5.16 Å². The lowest BCUT2D eigenvalue weighted by Gasteiger charge is -2.00. The Labute approximate surface area is 123 Å². The van der Waals surface area contributed by atoms with E-state index in [1.54, 1.807) is 11.3 Å². The highest BCUT2D eigenvalue weighted by Gasteiger charge is 2.19. The second-order valence-electron chi connectivity index (χ2n) is 4.20. The molecule has 0 unspecified atom stereocenters. The molecule has 0 saturated heterocycles. The van der Waals surface area contributed by atoms with E-state index in [9.17, 15) is 0 Å². The van der Waals surface area contributed by atoms with Crippen LogP contribution in [0.25, 0.3) is 21.7 Å². The molecule has 0 bridgehead atoms. The number of aromatic nitrogens is 1. The maximum atomic E-state index is 5.92. The molecule has 2 N–H and O–H groups in total. The molecule has 0 radical (unpaired) electrons. The van der Waals surface area contributed by atoms with Gasteiger partial charge in [0.05, 0.1) is 14.2 Å². The van der Waals surface area contributed by atoms with Crippen molar-refractivity contribution < 1.29 is 4.52 Å². The predicted molar refractivity (Wildman–Crippen MR) is 82.1 cm³/mol. The molecule has 96 valence electrons. The number of nitrogens with zero attached hydrogens (tertiary/aromatic N) is 1. The molecule has 0 saturated carbocycles. The van der Waals surface area contributed by atoms with Crippen molar-refractivity contribution in [2.75, 3.05) is 5.73 Å². The molecule has 1 aromatic carbocycles. The summed E-state index contributed by atoms with van der Waals surface area (Å²) in [4.78, 5) is 1.05. The fourth-order valence-electron chi connectivity index (χ4n) is 1.93. The maximum absolute atomic E-state index is 5.92. The number of anilines is 1. The normalized spacial score (nSPS) is 10.8. The number of nitrogen functional groups attached to an aromatic ring is 1. The van der Waals surface area contributed by atoms with E-state index in [4.69, 9.17) is 10.3 Å². The van der Waals surface area contributed by atoms with Gasteiger partial charge < -0.3 is 10.3 Å². The first-order valence-electron chi connectivity index (χ1n) is 5.73. The Balaban J connectivity index is 2.19. The Morgan fingerprint density at radius 3 is 2.63 bits per heavy atom. The zero-order valence-corrected chi connectivity index (χ0v) is 12.6. The van der Waals surface area contributed by atoms with Crippen molar-refractivity contribution in [3.63, 3.8) is 0 Å². The van der Waals surface area contributed by atoms with Crippen LogP contribution in [0.15, 0.2) is 44.7 Å². The number of aryl methyl sites for hydroxylation is 1. The summed E-state index contributed by atoms with van der Waals surface area (Å²) in [5, 5.41) is 4.11. The van der Waals surface area contributed by atoms with E-state index in [0.29, 0.717) is 5.88 Å². The molecule has 3 nitrogen and oxygen atoms in total. The van der Waals surface area contributed by atoms with Gasteiger partial charge in [-0.1, -0.05) is 35.5 Å². The van der Waals surface area contributed by atoms with Crippen LogP contribution in [0.1, 0.15) is 5.56 Å². The lowest BCUT2D eigenvalue weighted by molar-refractivity contribution is 0.439. The van der Waals surface area contributed by atoms with E-state index in [1.165, 1.54) is 5.56 Å². The highest BCUT2D eigenvalue weighted by atomic mass is 79.9. The highest BCUT2D eigenvalue weighted by molar-refractivity contribution is 9.11. The van der Waals surface area contributed by atoms with Crippen molar-refractivity contribution in [1.29, 1.82) is 0 Å². The van der Waals surface area contributed by atoms with Crippen LogP contribution in [0.5, 0.6) is 0 Å². The van der Waals surface area contributed by atoms with Gasteiger partial charge in [0, 0.05) is 0 Å². The van der Waals surface area contributed by atoms with Crippen LogP contribution in [0.3, 0.4) is 0 Å². The Bertz CT molecular complexity index is 699. The van der Waals surface area contributed by atoms with Crippen molar-refractivity contribution >= 4 is 33.2 Å². The average Bonchev–Trinajstić information content (AvgIpc) is 2.95. The summed E-state index contributed by atoms with van der Waals surface area (Å²) < 4.78 is 6.27. The fraction of sp³-hybridized carbons (Fsp3) is 0.0714. The largest absolute Gasteiger partial charge is 0.367 e. The van der Waals surface area contributed by atoms with Crippen LogP contribution in [0.2, 0.25) is 0 Å². The maximum Gasteiger partial charge on any atom is 0.230 e. The van der Waals surface area contributed by atoms with Crippen LogP contribution in [-0.4, -0.2) is 5.16 Å². The summed E-state index contributed by atoms with van der Waals surface area (Å²) >= 11 is 5.16. The van der Waals surface area contributed by atoms with Gasteiger partial charge in [0.2, 0.25) is 5.88 Å². The van der Waals surface area contributed by atoms with Gasteiger partial charge in [0.25, 0.3) is 0 Å². The molecule has 2 aromatic heterocycles. The van der Waals surface area contributed by atoms with Gasteiger partial charge in [0.1, 0.15) is 5.69 Å². The minimum Gasteiger partial charge on any atom is -0.367 e. The molecule has 0 atom stereocenters. The van der Waals surface area contributed by atoms with E-state index in [2.05, 4.69) is 34.1 Å². The lowest BCUT2D eigenvalue weighted by Crippen LogP contribution is -1.86. The number of rotatable bonds is 2. The number of thiophene rings is 1. The van der Waals surface area contributed by atoms with Gasteiger partial charge in [-0.3, -0.25) is 0 Å². The van der Waals surface area contributed by atoms with Gasteiger partial charge in [0.15, 0.2) is 0 Å². The van der Waals surface area contributed by atoms with Crippen LogP contribution in [0.4, 0.5) is 5.88 Å². The van der Waals surface area contributed by atoms with Crippen LogP contribution in [-0.2, 0) is 0 Å². The molecule has 19 heavy (non-hydrogen) atoms. The van der Waals surface area contributed by atoms with Crippen molar-refractivity contribution in [2.24, 2.45) is 0 Å². The van der Waals surface area contributed by atoms with E-state index in [1.807, 2.05) is 30.3 Å². The zero-order chi connectivity index (χ0) is 13.4. The predicted octanol–water partition coefficient (Wildman–Crippen LogP) is 4.72. The SMILES string of the molecule is Cc1cc(-c2noc(N)c2-c2ccccc2)sc1Br. The number of nitrogens with two attached hydrogens (primary N) is 1. The molecule has 0 fully saturated rings. The van der Waals surface area contributed by atoms with E-state index >= 15 is 0 Å². The smallest absolute Gasteiger partial charge is 0.230 e. The first-order chi connectivity index (χ1) is 9.16. The van der Waals surface area contributed by atoms with E-state index < -0.39 is 0 Å². The van der Waals surface area contributed by atoms with E-state index in [0.717, 1.165) is 25.5 Å². The molecular formula is C14H11BrN2OS. The Hall–Kier alpha value is -1.59. The summed E-state index contributed by atoms with van der Waals surface area (Å²) in [5.41, 5.74) is 9.76. The monoisotopic (exact) mass is 334 g/mol. The van der Waals surface area contributed by atoms with Crippen molar-refractivity contribution in [3.05, 3.63) is 45.7 Å². The molecule has 3 aromatic rings. The van der Waals surface area contributed by atoms with Crippen molar-refractivity contribution in [3.8, 4) is 21.7 Å². The zero-order valence-electron chi connectivity index (χ0n) is 10.2. The summed E-state index contributed by atoms with van der Waals surface area (Å²) in [6.07, 6.45) is 0. The minimum absolute atomic E-state index is 0.350. The Morgan fingerprint density at radius 1 is 1.26 bits per heavy atom. The number of hydrogen-bond acceptors (Lipinski definition) is 4. The third-order valence-electron chi connectivity index (χ3n) is 2.87. The van der Waals surface area contributed by atoms with Crippen LogP contribution in [0, 0.1) is 6.92 Å². The van der Waals surface area contributed by atoms with Gasteiger partial charge in [-0.15, -0.1) is 11.3 Å². The molecule has 2 heterocycles. The topological polar surface area (TPSA) is 52.0 Å². The molecule has 3 rings (SSSR count). The number of halogens is 1. The molecule has 0 aliphatic rings. The fourth-order valence-corrected chi connectivity index (χ4v) is 3.45. The molecular weight excluding hydrogens is 324 g/mol. The number of benzene rings is 1. The second-order valence-corrected chi connectivity index (χ2v) is 6.57. The first kappa shape index (κ1) is 12.4. The van der Waals surface area contributed by atoms with Crippen molar-refractivity contribution in [2.45, 2.75) is 6.92 Å². The molecule has 5 heteroatoms. The third-order valence-corrected chi connectivity index (χ3v) is 5.01. The molecule has 0 aliphatic carbocycles. The first-order valence-corrected chi connectivity index (χ1v) is 7.34. The number of hydrogen-bond donors (Lipinski definition) is 1. The lowest BCUT2D eigenvalue weighted by atomic mass is 10.0. The molecule has 0 spiro atoms. The third kappa shape index (κ3) is 2.19. The molecule has 0 aliphatic heterocycles. The Kier molecular flexibility index (Phi) is 3.16. The van der Waals surface area contributed by atoms with E-state index in [-0.39, 0.29) is 0 Å². The quantitative estimate of drug-likeness (QED) is 0.737. The van der Waals surface area contributed by atoms with Gasteiger partial charge >= 0.3 is 0 Å². The second kappa shape index (κ2) is 4.83. The molecule has 0 amide bonds. The van der Waals surface area contributed by atoms with Gasteiger partial charge in [-0.2, -0.15) is 0 Å². The Morgan fingerprint density at radius 2 is 2.00 bits per heavy atom.